The van der Waals surface area contributed by atoms with Crippen molar-refractivity contribution in [2.45, 2.75) is 53.0 Å². The molecule has 1 aliphatic rings. The second-order valence-corrected chi connectivity index (χ2v) is 7.31. The Labute approximate surface area is 119 Å². The van der Waals surface area contributed by atoms with Gasteiger partial charge < -0.3 is 15.4 Å². The first kappa shape index (κ1) is 16.9. The summed E-state index contributed by atoms with van der Waals surface area (Å²) in [5.74, 6) is 1.34. The minimum atomic E-state index is 0.299. The molecule has 0 radical (unpaired) electrons. The lowest BCUT2D eigenvalue weighted by atomic mass is 9.68. The van der Waals surface area contributed by atoms with Crippen molar-refractivity contribution in [3.63, 3.8) is 0 Å². The molecule has 2 atom stereocenters. The molecule has 0 aliphatic heterocycles. The fourth-order valence-electron chi connectivity index (χ4n) is 3.33. The maximum atomic E-state index is 6.51. The Morgan fingerprint density at radius 3 is 2.63 bits per heavy atom. The second-order valence-electron chi connectivity index (χ2n) is 7.31. The first-order valence-electron chi connectivity index (χ1n) is 7.83. The molecule has 19 heavy (non-hydrogen) atoms. The molecule has 2 N–H and O–H groups in total. The quantitative estimate of drug-likeness (QED) is 0.773. The van der Waals surface area contributed by atoms with Crippen molar-refractivity contribution in [2.75, 3.05) is 33.4 Å². The molecular formula is C16H34N2O. The predicted molar refractivity (Wildman–Crippen MR) is 82.3 cm³/mol. The third-order valence-corrected chi connectivity index (χ3v) is 4.53. The van der Waals surface area contributed by atoms with Crippen LogP contribution in [0, 0.1) is 17.3 Å². The lowest BCUT2D eigenvalue weighted by Crippen LogP contribution is -2.50. The first-order chi connectivity index (χ1) is 8.86. The van der Waals surface area contributed by atoms with E-state index in [0.717, 1.165) is 26.2 Å². The Balaban J connectivity index is 2.56. The third-order valence-electron chi connectivity index (χ3n) is 4.53. The summed E-state index contributed by atoms with van der Waals surface area (Å²) in [7, 11) is 1.78. The molecule has 1 aliphatic carbocycles. The molecule has 1 saturated carbocycles. The topological polar surface area (TPSA) is 38.5 Å². The van der Waals surface area contributed by atoms with E-state index >= 15 is 0 Å². The van der Waals surface area contributed by atoms with E-state index in [4.69, 9.17) is 10.5 Å². The van der Waals surface area contributed by atoms with Gasteiger partial charge in [-0.2, -0.15) is 0 Å². The lowest BCUT2D eigenvalue weighted by molar-refractivity contribution is 0.0804. The molecule has 1 fully saturated rings. The molecule has 0 saturated heterocycles. The highest BCUT2D eigenvalue weighted by atomic mass is 16.5. The summed E-state index contributed by atoms with van der Waals surface area (Å²) in [4.78, 5) is 2.54. The summed E-state index contributed by atoms with van der Waals surface area (Å²) in [6.45, 7) is 13.3. The van der Waals surface area contributed by atoms with Crippen LogP contribution in [0.25, 0.3) is 0 Å². The largest absolute Gasteiger partial charge is 0.383 e. The van der Waals surface area contributed by atoms with Gasteiger partial charge in [-0.3, -0.25) is 0 Å². The number of hydrogen-bond donors (Lipinski definition) is 1. The fourth-order valence-corrected chi connectivity index (χ4v) is 3.33. The van der Waals surface area contributed by atoms with Crippen LogP contribution in [0.4, 0.5) is 0 Å². The summed E-state index contributed by atoms with van der Waals surface area (Å²) in [5, 5.41) is 0. The molecule has 0 aromatic rings. The molecule has 0 heterocycles. The van der Waals surface area contributed by atoms with E-state index in [1.807, 2.05) is 0 Å². The molecule has 1 rings (SSSR count). The highest BCUT2D eigenvalue weighted by Crippen LogP contribution is 2.38. The second kappa shape index (κ2) is 7.61. The zero-order valence-corrected chi connectivity index (χ0v) is 13.6. The van der Waals surface area contributed by atoms with Gasteiger partial charge >= 0.3 is 0 Å². The van der Waals surface area contributed by atoms with E-state index in [0.29, 0.717) is 23.3 Å². The van der Waals surface area contributed by atoms with Crippen LogP contribution in [0.3, 0.4) is 0 Å². The maximum absolute atomic E-state index is 6.51. The number of methoxy groups -OCH3 is 1. The van der Waals surface area contributed by atoms with Gasteiger partial charge in [-0.25, -0.2) is 0 Å². The number of ether oxygens (including phenoxy) is 1. The normalized spacial score (nSPS) is 27.2. The van der Waals surface area contributed by atoms with E-state index in [2.05, 4.69) is 32.6 Å². The van der Waals surface area contributed by atoms with E-state index < -0.39 is 0 Å². The van der Waals surface area contributed by atoms with Crippen LogP contribution in [0.15, 0.2) is 0 Å². The number of rotatable bonds is 7. The monoisotopic (exact) mass is 270 g/mol. The van der Waals surface area contributed by atoms with Gasteiger partial charge in [0.15, 0.2) is 0 Å². The van der Waals surface area contributed by atoms with E-state index in [9.17, 15) is 0 Å². The zero-order valence-electron chi connectivity index (χ0n) is 13.6. The van der Waals surface area contributed by atoms with Crippen LogP contribution in [0.2, 0.25) is 0 Å². The van der Waals surface area contributed by atoms with E-state index in [-0.39, 0.29) is 0 Å². The lowest BCUT2D eigenvalue weighted by Gasteiger charge is -2.43. The van der Waals surface area contributed by atoms with Gasteiger partial charge in [0.2, 0.25) is 0 Å². The van der Waals surface area contributed by atoms with Crippen LogP contribution in [-0.2, 0) is 4.74 Å². The maximum Gasteiger partial charge on any atom is 0.0589 e. The summed E-state index contributed by atoms with van der Waals surface area (Å²) < 4.78 is 5.24. The zero-order chi connectivity index (χ0) is 14.5. The SMILES string of the molecule is COCCN(CC(C)C)CC1CCCC(C)(C)C1N. The number of nitrogens with two attached hydrogens (primary N) is 1. The van der Waals surface area contributed by atoms with Gasteiger partial charge in [0, 0.05) is 32.8 Å². The standard InChI is InChI=1S/C16H34N2O/c1-13(2)11-18(9-10-19-5)12-14-7-6-8-16(3,4)15(14)17/h13-15H,6-12,17H2,1-5H3. The molecule has 0 spiro atoms. The Hall–Kier alpha value is -0.120. The van der Waals surface area contributed by atoms with Crippen molar-refractivity contribution in [2.24, 2.45) is 23.0 Å². The van der Waals surface area contributed by atoms with Gasteiger partial charge in [0.1, 0.15) is 0 Å². The summed E-state index contributed by atoms with van der Waals surface area (Å²) >= 11 is 0. The fraction of sp³-hybridized carbons (Fsp3) is 1.00. The average Bonchev–Trinajstić information content (AvgIpc) is 2.31. The average molecular weight is 270 g/mol. The highest BCUT2D eigenvalue weighted by molar-refractivity contribution is 4.92. The summed E-state index contributed by atoms with van der Waals surface area (Å²) in [5.41, 5.74) is 6.81. The third kappa shape index (κ3) is 5.41. The Kier molecular flexibility index (Phi) is 6.78. The molecule has 2 unspecified atom stereocenters. The van der Waals surface area contributed by atoms with Crippen LogP contribution >= 0.6 is 0 Å². The van der Waals surface area contributed by atoms with Crippen LogP contribution < -0.4 is 5.73 Å². The predicted octanol–water partition coefficient (Wildman–Crippen LogP) is 2.74. The molecular weight excluding hydrogens is 236 g/mol. The first-order valence-corrected chi connectivity index (χ1v) is 7.83. The van der Waals surface area contributed by atoms with Crippen molar-refractivity contribution in [3.05, 3.63) is 0 Å². The van der Waals surface area contributed by atoms with Crippen molar-refractivity contribution < 1.29 is 4.74 Å². The molecule has 3 heteroatoms. The molecule has 0 bridgehead atoms. The van der Waals surface area contributed by atoms with E-state index in [1.165, 1.54) is 19.3 Å². The van der Waals surface area contributed by atoms with Crippen LogP contribution in [-0.4, -0.2) is 44.3 Å². The molecule has 114 valence electrons. The van der Waals surface area contributed by atoms with Gasteiger partial charge in [-0.15, -0.1) is 0 Å². The van der Waals surface area contributed by atoms with Crippen molar-refractivity contribution in [3.8, 4) is 0 Å². The number of nitrogens with zero attached hydrogens (tertiary/aromatic N) is 1. The van der Waals surface area contributed by atoms with Gasteiger partial charge in [0.05, 0.1) is 6.61 Å². The van der Waals surface area contributed by atoms with Crippen molar-refractivity contribution in [1.29, 1.82) is 0 Å². The van der Waals surface area contributed by atoms with Gasteiger partial charge in [0.25, 0.3) is 0 Å². The van der Waals surface area contributed by atoms with Crippen LogP contribution in [0.1, 0.15) is 47.0 Å². The molecule has 0 aromatic heterocycles. The molecule has 0 amide bonds. The Morgan fingerprint density at radius 2 is 2.05 bits per heavy atom. The molecule has 0 aromatic carbocycles. The molecule has 3 nitrogen and oxygen atoms in total. The number of hydrogen-bond acceptors (Lipinski definition) is 3. The summed E-state index contributed by atoms with van der Waals surface area (Å²) in [6, 6.07) is 0.332. The minimum absolute atomic E-state index is 0.299. The van der Waals surface area contributed by atoms with Gasteiger partial charge in [-0.05, 0) is 30.1 Å². The van der Waals surface area contributed by atoms with Gasteiger partial charge in [-0.1, -0.05) is 34.1 Å². The van der Waals surface area contributed by atoms with Crippen LogP contribution in [0.5, 0.6) is 0 Å². The minimum Gasteiger partial charge on any atom is -0.383 e. The summed E-state index contributed by atoms with van der Waals surface area (Å²) in [6.07, 6.45) is 3.88. The van der Waals surface area contributed by atoms with Crippen molar-refractivity contribution in [1.82, 2.24) is 4.90 Å². The highest BCUT2D eigenvalue weighted by Gasteiger charge is 2.36. The van der Waals surface area contributed by atoms with E-state index in [1.54, 1.807) is 7.11 Å². The van der Waals surface area contributed by atoms with Crippen molar-refractivity contribution >= 4 is 0 Å². The Bertz CT molecular complexity index is 253. The smallest absolute Gasteiger partial charge is 0.0589 e. The Morgan fingerprint density at radius 1 is 1.37 bits per heavy atom.